The van der Waals surface area contributed by atoms with Crippen molar-refractivity contribution in [1.82, 2.24) is 4.98 Å². The molecule has 1 aromatic heterocycles. The quantitative estimate of drug-likeness (QED) is 0.594. The molecule has 1 aromatic rings. The molecule has 17 heavy (non-hydrogen) atoms. The van der Waals surface area contributed by atoms with Crippen LogP contribution >= 0.6 is 31.9 Å². The van der Waals surface area contributed by atoms with Gasteiger partial charge in [0.1, 0.15) is 4.60 Å². The van der Waals surface area contributed by atoms with Crippen molar-refractivity contribution >= 4 is 37.8 Å². The molecular formula is C12H17Br2NO2. The number of pyridine rings is 1. The van der Waals surface area contributed by atoms with Crippen LogP contribution in [-0.2, 0) is 16.0 Å². The summed E-state index contributed by atoms with van der Waals surface area (Å²) in [6.07, 6.45) is 2.72. The van der Waals surface area contributed by atoms with E-state index in [1.165, 1.54) is 0 Å². The van der Waals surface area contributed by atoms with E-state index in [-0.39, 0.29) is 5.97 Å². The standard InChI is InChI=1S/C10H11Br2NO2.C2H6/c1-2-15-9(14)4-3-7-5-8(11)6-13-10(7)12;1-2/h5-6H,2-4H2,1H3;1-2H3. The summed E-state index contributed by atoms with van der Waals surface area (Å²) in [6, 6.07) is 1.94. The van der Waals surface area contributed by atoms with Crippen LogP contribution in [-0.4, -0.2) is 17.6 Å². The molecule has 0 unspecified atom stereocenters. The van der Waals surface area contributed by atoms with Gasteiger partial charge in [0.2, 0.25) is 0 Å². The molecule has 0 bridgehead atoms. The number of carbonyl (C=O) groups is 1. The average molecular weight is 367 g/mol. The fourth-order valence-electron chi connectivity index (χ4n) is 1.11. The van der Waals surface area contributed by atoms with Crippen molar-refractivity contribution in [2.24, 2.45) is 0 Å². The number of halogens is 2. The fourth-order valence-corrected chi connectivity index (χ4v) is 1.90. The molecule has 0 N–H and O–H groups in total. The van der Waals surface area contributed by atoms with Crippen LogP contribution in [0, 0.1) is 0 Å². The van der Waals surface area contributed by atoms with Crippen molar-refractivity contribution in [1.29, 1.82) is 0 Å². The highest BCUT2D eigenvalue weighted by atomic mass is 79.9. The van der Waals surface area contributed by atoms with E-state index >= 15 is 0 Å². The number of hydrogen-bond acceptors (Lipinski definition) is 3. The summed E-state index contributed by atoms with van der Waals surface area (Å²) in [6.45, 7) is 6.23. The zero-order chi connectivity index (χ0) is 13.3. The van der Waals surface area contributed by atoms with Crippen molar-refractivity contribution in [2.75, 3.05) is 6.61 Å². The number of rotatable bonds is 4. The van der Waals surface area contributed by atoms with Crippen molar-refractivity contribution in [2.45, 2.75) is 33.6 Å². The Morgan fingerprint density at radius 2 is 2.06 bits per heavy atom. The largest absolute Gasteiger partial charge is 0.466 e. The van der Waals surface area contributed by atoms with Crippen LogP contribution in [0.3, 0.4) is 0 Å². The lowest BCUT2D eigenvalue weighted by molar-refractivity contribution is -0.143. The predicted molar refractivity (Wildman–Crippen MR) is 75.9 cm³/mol. The van der Waals surface area contributed by atoms with E-state index in [0.717, 1.165) is 14.6 Å². The number of nitrogens with zero attached hydrogens (tertiary/aromatic N) is 1. The van der Waals surface area contributed by atoms with Gasteiger partial charge in [-0.15, -0.1) is 0 Å². The van der Waals surface area contributed by atoms with Gasteiger partial charge in [-0.3, -0.25) is 4.79 Å². The highest BCUT2D eigenvalue weighted by Gasteiger charge is 2.06. The molecule has 0 aliphatic heterocycles. The first-order valence-corrected chi connectivity index (χ1v) is 7.17. The summed E-state index contributed by atoms with van der Waals surface area (Å²) in [5, 5.41) is 0. The van der Waals surface area contributed by atoms with Crippen LogP contribution in [0.25, 0.3) is 0 Å². The molecule has 0 aliphatic rings. The molecular weight excluding hydrogens is 350 g/mol. The Hall–Kier alpha value is -0.420. The minimum Gasteiger partial charge on any atom is -0.466 e. The van der Waals surface area contributed by atoms with Gasteiger partial charge in [0.05, 0.1) is 6.61 Å². The summed E-state index contributed by atoms with van der Waals surface area (Å²) in [4.78, 5) is 15.3. The average Bonchev–Trinajstić information content (AvgIpc) is 2.33. The lowest BCUT2D eigenvalue weighted by Gasteiger charge is -2.04. The third-order valence-corrected chi connectivity index (χ3v) is 2.93. The van der Waals surface area contributed by atoms with Gasteiger partial charge in [-0.05, 0) is 56.8 Å². The molecule has 0 aliphatic carbocycles. The minimum absolute atomic E-state index is 0.177. The molecule has 0 radical (unpaired) electrons. The maximum atomic E-state index is 11.1. The highest BCUT2D eigenvalue weighted by molar-refractivity contribution is 9.11. The van der Waals surface area contributed by atoms with Gasteiger partial charge >= 0.3 is 5.97 Å². The molecule has 1 heterocycles. The number of hydrogen-bond donors (Lipinski definition) is 0. The van der Waals surface area contributed by atoms with E-state index in [4.69, 9.17) is 4.74 Å². The normalized spacial score (nSPS) is 9.24. The van der Waals surface area contributed by atoms with Crippen LogP contribution in [0.15, 0.2) is 21.3 Å². The number of aromatic nitrogens is 1. The topological polar surface area (TPSA) is 39.2 Å². The van der Waals surface area contributed by atoms with Crippen LogP contribution in [0.1, 0.15) is 32.8 Å². The van der Waals surface area contributed by atoms with Gasteiger partial charge in [0.25, 0.3) is 0 Å². The summed E-state index contributed by atoms with van der Waals surface area (Å²) in [5.41, 5.74) is 0.998. The van der Waals surface area contributed by atoms with E-state index in [1.807, 2.05) is 19.9 Å². The lowest BCUT2D eigenvalue weighted by Crippen LogP contribution is -2.05. The van der Waals surface area contributed by atoms with Gasteiger partial charge in [-0.1, -0.05) is 13.8 Å². The third kappa shape index (κ3) is 6.78. The monoisotopic (exact) mass is 365 g/mol. The van der Waals surface area contributed by atoms with Crippen molar-refractivity contribution < 1.29 is 9.53 Å². The molecule has 0 spiro atoms. The summed E-state index contributed by atoms with van der Waals surface area (Å²) in [5.74, 6) is -0.177. The predicted octanol–water partition coefficient (Wildman–Crippen LogP) is 4.13. The Kier molecular flexibility index (Phi) is 9.36. The van der Waals surface area contributed by atoms with Crippen molar-refractivity contribution in [3.63, 3.8) is 0 Å². The van der Waals surface area contributed by atoms with E-state index in [1.54, 1.807) is 13.1 Å². The second kappa shape index (κ2) is 9.59. The maximum absolute atomic E-state index is 11.1. The first kappa shape index (κ1) is 16.6. The van der Waals surface area contributed by atoms with Gasteiger partial charge in [0, 0.05) is 17.1 Å². The van der Waals surface area contributed by atoms with Gasteiger partial charge in [-0.25, -0.2) is 4.98 Å². The third-order valence-electron chi connectivity index (χ3n) is 1.78. The second-order valence-corrected chi connectivity index (χ2v) is 4.58. The SMILES string of the molecule is CC.CCOC(=O)CCc1cc(Br)cnc1Br. The number of esters is 1. The van der Waals surface area contributed by atoms with Crippen LogP contribution in [0.2, 0.25) is 0 Å². The minimum atomic E-state index is -0.177. The Labute approximate surface area is 119 Å². The molecule has 5 heteroatoms. The summed E-state index contributed by atoms with van der Waals surface area (Å²) < 4.78 is 6.53. The van der Waals surface area contributed by atoms with Crippen molar-refractivity contribution in [3.05, 3.63) is 26.9 Å². The van der Waals surface area contributed by atoms with Crippen LogP contribution < -0.4 is 0 Å². The van der Waals surface area contributed by atoms with Crippen molar-refractivity contribution in [3.8, 4) is 0 Å². The number of ether oxygens (including phenoxy) is 1. The molecule has 0 fully saturated rings. The number of carbonyl (C=O) groups excluding carboxylic acids is 1. The smallest absolute Gasteiger partial charge is 0.306 e. The summed E-state index contributed by atoms with van der Waals surface area (Å²) in [7, 11) is 0. The van der Waals surface area contributed by atoms with E-state index in [2.05, 4.69) is 36.8 Å². The maximum Gasteiger partial charge on any atom is 0.306 e. The molecule has 0 aromatic carbocycles. The fraction of sp³-hybridized carbons (Fsp3) is 0.500. The Morgan fingerprint density at radius 3 is 2.65 bits per heavy atom. The van der Waals surface area contributed by atoms with Gasteiger partial charge < -0.3 is 4.74 Å². The molecule has 1 rings (SSSR count). The molecule has 96 valence electrons. The van der Waals surface area contributed by atoms with Gasteiger partial charge in [-0.2, -0.15) is 0 Å². The Balaban J connectivity index is 0.00000121. The van der Waals surface area contributed by atoms with Crippen LogP contribution in [0.4, 0.5) is 0 Å². The summed E-state index contributed by atoms with van der Waals surface area (Å²) >= 11 is 6.67. The van der Waals surface area contributed by atoms with E-state index in [0.29, 0.717) is 19.4 Å². The zero-order valence-corrected chi connectivity index (χ0v) is 13.5. The Bertz CT molecular complexity index is 356. The Morgan fingerprint density at radius 1 is 1.41 bits per heavy atom. The second-order valence-electron chi connectivity index (χ2n) is 2.91. The highest BCUT2D eigenvalue weighted by Crippen LogP contribution is 2.19. The first-order valence-electron chi connectivity index (χ1n) is 5.59. The van der Waals surface area contributed by atoms with Crippen LogP contribution in [0.5, 0.6) is 0 Å². The van der Waals surface area contributed by atoms with Gasteiger partial charge in [0.15, 0.2) is 0 Å². The molecule has 3 nitrogen and oxygen atoms in total. The molecule has 0 amide bonds. The molecule has 0 saturated heterocycles. The number of aryl methyl sites for hydroxylation is 1. The van der Waals surface area contributed by atoms with E-state index in [9.17, 15) is 4.79 Å². The van der Waals surface area contributed by atoms with E-state index < -0.39 is 0 Å². The first-order chi connectivity index (χ1) is 8.13. The molecule has 0 saturated carbocycles. The zero-order valence-electron chi connectivity index (χ0n) is 10.3. The lowest BCUT2D eigenvalue weighted by atomic mass is 10.2. The molecule has 0 atom stereocenters.